The van der Waals surface area contributed by atoms with Gasteiger partial charge in [0, 0.05) is 0 Å². The quantitative estimate of drug-likeness (QED) is 0.895. The third-order valence-corrected chi connectivity index (χ3v) is 3.13. The summed E-state index contributed by atoms with van der Waals surface area (Å²) in [6, 6.07) is 3.29. The van der Waals surface area contributed by atoms with E-state index in [4.69, 9.17) is 4.42 Å². The maximum absolute atomic E-state index is 12.3. The van der Waals surface area contributed by atoms with E-state index >= 15 is 0 Å². The first kappa shape index (κ1) is 13.6. The smallest absolute Gasteiger partial charge is 0.246 e. The number of hydrogen-bond acceptors (Lipinski definition) is 3. The van der Waals surface area contributed by atoms with Crippen LogP contribution in [0.2, 0.25) is 0 Å². The molecule has 2 rings (SSSR count). The number of aryl methyl sites for hydroxylation is 1. The summed E-state index contributed by atoms with van der Waals surface area (Å²) in [5.41, 5.74) is 0. The number of hydrogen-bond donors (Lipinski definition) is 1. The van der Waals surface area contributed by atoms with Crippen molar-refractivity contribution in [3.05, 3.63) is 23.7 Å². The molecule has 0 aliphatic carbocycles. The molecular weight excluding hydrogens is 244 g/mol. The summed E-state index contributed by atoms with van der Waals surface area (Å²) in [6.45, 7) is 6.39. The summed E-state index contributed by atoms with van der Waals surface area (Å²) in [5, 5.41) is 2.76. The van der Waals surface area contributed by atoms with Gasteiger partial charge in [-0.05, 0) is 31.4 Å². The van der Waals surface area contributed by atoms with Gasteiger partial charge in [0.25, 0.3) is 0 Å². The van der Waals surface area contributed by atoms with Crippen molar-refractivity contribution in [3.8, 4) is 0 Å². The van der Waals surface area contributed by atoms with Crippen molar-refractivity contribution >= 4 is 11.8 Å². The minimum atomic E-state index is -0.405. The molecule has 0 aromatic carbocycles. The minimum absolute atomic E-state index is 0.0256. The van der Waals surface area contributed by atoms with Crippen molar-refractivity contribution in [2.75, 3.05) is 6.54 Å². The molecule has 104 valence electrons. The van der Waals surface area contributed by atoms with E-state index in [2.05, 4.69) is 5.32 Å². The summed E-state index contributed by atoms with van der Waals surface area (Å²) in [6.07, 6.45) is 0.665. The number of rotatable bonds is 4. The highest BCUT2D eigenvalue weighted by molar-refractivity contribution is 5.94. The van der Waals surface area contributed by atoms with Gasteiger partial charge in [0.15, 0.2) is 0 Å². The average molecular weight is 264 g/mol. The van der Waals surface area contributed by atoms with E-state index < -0.39 is 6.04 Å². The molecule has 1 saturated heterocycles. The van der Waals surface area contributed by atoms with Crippen molar-refractivity contribution < 1.29 is 14.0 Å². The number of furan rings is 1. The van der Waals surface area contributed by atoms with Crippen LogP contribution >= 0.6 is 0 Å². The summed E-state index contributed by atoms with van der Waals surface area (Å²) < 4.78 is 5.46. The van der Waals surface area contributed by atoms with Gasteiger partial charge in [0.2, 0.25) is 11.8 Å². The van der Waals surface area contributed by atoms with Crippen LogP contribution in [-0.4, -0.2) is 29.3 Å². The second kappa shape index (κ2) is 5.47. The first-order chi connectivity index (χ1) is 8.95. The third-order valence-electron chi connectivity index (χ3n) is 3.13. The Bertz CT molecular complexity index is 479. The third kappa shape index (κ3) is 3.36. The predicted molar refractivity (Wildman–Crippen MR) is 70.2 cm³/mol. The molecule has 2 heterocycles. The molecule has 19 heavy (non-hydrogen) atoms. The molecule has 1 fully saturated rings. The second-order valence-electron chi connectivity index (χ2n) is 5.46. The molecule has 2 amide bonds. The van der Waals surface area contributed by atoms with Gasteiger partial charge in [0.1, 0.15) is 24.1 Å². The molecule has 1 aromatic heterocycles. The van der Waals surface area contributed by atoms with Crippen LogP contribution in [0.1, 0.15) is 31.8 Å². The van der Waals surface area contributed by atoms with Crippen molar-refractivity contribution in [3.63, 3.8) is 0 Å². The normalized spacial score (nSPS) is 20.0. The SMILES string of the molecule is Cc1ccc(CN2CC(=O)NC(CC(C)C)C2=O)o1. The van der Waals surface area contributed by atoms with Crippen LogP contribution in [0.4, 0.5) is 0 Å². The lowest BCUT2D eigenvalue weighted by Crippen LogP contribution is -2.57. The van der Waals surface area contributed by atoms with Crippen LogP contribution in [0.25, 0.3) is 0 Å². The van der Waals surface area contributed by atoms with Crippen LogP contribution in [0, 0.1) is 12.8 Å². The van der Waals surface area contributed by atoms with Crippen molar-refractivity contribution in [2.24, 2.45) is 5.92 Å². The Kier molecular flexibility index (Phi) is 3.93. The number of carbonyl (C=O) groups is 2. The van der Waals surface area contributed by atoms with Crippen LogP contribution in [-0.2, 0) is 16.1 Å². The Morgan fingerprint density at radius 3 is 2.74 bits per heavy atom. The Morgan fingerprint density at radius 2 is 2.16 bits per heavy atom. The Morgan fingerprint density at radius 1 is 1.42 bits per heavy atom. The van der Waals surface area contributed by atoms with Gasteiger partial charge >= 0.3 is 0 Å². The zero-order valence-electron chi connectivity index (χ0n) is 11.6. The molecule has 1 aromatic rings. The molecule has 1 aliphatic rings. The van der Waals surface area contributed by atoms with Crippen LogP contribution in [0.3, 0.4) is 0 Å². The molecule has 0 spiro atoms. The summed E-state index contributed by atoms with van der Waals surface area (Å²) in [4.78, 5) is 25.5. The van der Waals surface area contributed by atoms with Gasteiger partial charge in [-0.15, -0.1) is 0 Å². The molecule has 1 unspecified atom stereocenters. The molecule has 5 nitrogen and oxygen atoms in total. The van der Waals surface area contributed by atoms with E-state index in [9.17, 15) is 9.59 Å². The molecule has 1 atom stereocenters. The molecule has 0 radical (unpaired) electrons. The van der Waals surface area contributed by atoms with Crippen molar-refractivity contribution in [1.82, 2.24) is 10.2 Å². The van der Waals surface area contributed by atoms with E-state index in [1.54, 1.807) is 4.90 Å². The standard InChI is InChI=1S/C14H20N2O3/c1-9(2)6-12-14(18)16(8-13(17)15-12)7-11-5-4-10(3)19-11/h4-5,9,12H,6-8H2,1-3H3,(H,15,17). The monoisotopic (exact) mass is 264 g/mol. The highest BCUT2D eigenvalue weighted by Gasteiger charge is 2.33. The second-order valence-corrected chi connectivity index (χ2v) is 5.46. The maximum atomic E-state index is 12.3. The number of carbonyl (C=O) groups excluding carboxylic acids is 2. The van der Waals surface area contributed by atoms with Crippen LogP contribution < -0.4 is 5.32 Å². The van der Waals surface area contributed by atoms with E-state index in [-0.39, 0.29) is 18.4 Å². The van der Waals surface area contributed by atoms with Crippen molar-refractivity contribution in [1.29, 1.82) is 0 Å². The van der Waals surface area contributed by atoms with Gasteiger partial charge < -0.3 is 14.6 Å². The number of amides is 2. The average Bonchev–Trinajstić information content (AvgIpc) is 2.70. The van der Waals surface area contributed by atoms with Crippen molar-refractivity contribution in [2.45, 2.75) is 39.8 Å². The fraction of sp³-hybridized carbons (Fsp3) is 0.571. The molecule has 1 aliphatic heterocycles. The van der Waals surface area contributed by atoms with E-state index in [0.717, 1.165) is 5.76 Å². The predicted octanol–water partition coefficient (Wildman–Crippen LogP) is 1.46. The fourth-order valence-corrected chi connectivity index (χ4v) is 2.30. The Hall–Kier alpha value is -1.78. The molecule has 5 heteroatoms. The zero-order valence-corrected chi connectivity index (χ0v) is 11.6. The van der Waals surface area contributed by atoms with Gasteiger partial charge in [-0.25, -0.2) is 0 Å². The van der Waals surface area contributed by atoms with Gasteiger partial charge in [-0.1, -0.05) is 13.8 Å². The van der Waals surface area contributed by atoms with Crippen LogP contribution in [0.15, 0.2) is 16.5 Å². The van der Waals surface area contributed by atoms with Gasteiger partial charge in [-0.3, -0.25) is 9.59 Å². The molecule has 1 N–H and O–H groups in total. The number of nitrogens with one attached hydrogen (secondary N) is 1. The molecule has 0 bridgehead atoms. The maximum Gasteiger partial charge on any atom is 0.246 e. The topological polar surface area (TPSA) is 62.6 Å². The highest BCUT2D eigenvalue weighted by Crippen LogP contribution is 2.15. The van der Waals surface area contributed by atoms with E-state index in [0.29, 0.717) is 24.6 Å². The molecular formula is C14H20N2O3. The van der Waals surface area contributed by atoms with Gasteiger partial charge in [-0.2, -0.15) is 0 Å². The zero-order chi connectivity index (χ0) is 14.0. The first-order valence-corrected chi connectivity index (χ1v) is 6.59. The number of nitrogens with zero attached hydrogens (tertiary/aromatic N) is 1. The lowest BCUT2D eigenvalue weighted by molar-refractivity contribution is -0.145. The Labute approximate surface area is 113 Å². The Balaban J connectivity index is 2.06. The van der Waals surface area contributed by atoms with E-state index in [1.165, 1.54) is 0 Å². The number of piperazine rings is 1. The first-order valence-electron chi connectivity index (χ1n) is 6.59. The fourth-order valence-electron chi connectivity index (χ4n) is 2.30. The largest absolute Gasteiger partial charge is 0.464 e. The van der Waals surface area contributed by atoms with Crippen LogP contribution in [0.5, 0.6) is 0 Å². The molecule has 0 saturated carbocycles. The lowest BCUT2D eigenvalue weighted by atomic mass is 10.0. The van der Waals surface area contributed by atoms with E-state index in [1.807, 2.05) is 32.9 Å². The summed E-state index contributed by atoms with van der Waals surface area (Å²) in [7, 11) is 0. The highest BCUT2D eigenvalue weighted by atomic mass is 16.3. The lowest BCUT2D eigenvalue weighted by Gasteiger charge is -2.32. The van der Waals surface area contributed by atoms with Gasteiger partial charge in [0.05, 0.1) is 6.54 Å². The minimum Gasteiger partial charge on any atom is -0.464 e. The summed E-state index contributed by atoms with van der Waals surface area (Å²) >= 11 is 0. The summed E-state index contributed by atoms with van der Waals surface area (Å²) in [5.74, 6) is 1.75.